The number of benzene rings is 1. The Morgan fingerprint density at radius 3 is 2.94 bits per heavy atom. The molecule has 0 radical (unpaired) electrons. The summed E-state index contributed by atoms with van der Waals surface area (Å²) in [5, 5.41) is 7.02. The molecule has 18 heavy (non-hydrogen) atoms. The van der Waals surface area contributed by atoms with Crippen LogP contribution < -0.4 is 10.6 Å². The molecule has 1 aliphatic heterocycles. The van der Waals surface area contributed by atoms with Gasteiger partial charge in [-0.2, -0.15) is 0 Å². The first-order chi connectivity index (χ1) is 8.66. The summed E-state index contributed by atoms with van der Waals surface area (Å²) >= 11 is 0. The molecule has 1 aliphatic rings. The van der Waals surface area contributed by atoms with Gasteiger partial charge in [-0.25, -0.2) is 4.39 Å². The van der Waals surface area contributed by atoms with E-state index in [2.05, 4.69) is 17.6 Å². The standard InChI is InChI=1S/C15H23FN2/c1-11-5-6-13(10-15(11)16)12(2)18-14-4-3-8-17-9-7-14/h5-6,10,12,14,17-18H,3-4,7-9H2,1-2H3. The van der Waals surface area contributed by atoms with Crippen LogP contribution in [0, 0.1) is 12.7 Å². The second-order valence-corrected chi connectivity index (χ2v) is 5.27. The zero-order valence-corrected chi connectivity index (χ0v) is 11.3. The number of nitrogens with one attached hydrogen (secondary N) is 2. The van der Waals surface area contributed by atoms with Crippen LogP contribution in [0.1, 0.15) is 43.4 Å². The van der Waals surface area contributed by atoms with Crippen molar-refractivity contribution >= 4 is 0 Å². The Morgan fingerprint density at radius 2 is 2.17 bits per heavy atom. The van der Waals surface area contributed by atoms with Crippen LogP contribution in [0.5, 0.6) is 0 Å². The Bertz CT molecular complexity index is 384. The van der Waals surface area contributed by atoms with Crippen molar-refractivity contribution in [3.05, 3.63) is 35.1 Å². The van der Waals surface area contributed by atoms with Gasteiger partial charge in [0.2, 0.25) is 0 Å². The molecule has 1 fully saturated rings. The number of halogens is 1. The number of hydrogen-bond acceptors (Lipinski definition) is 2. The molecule has 1 saturated heterocycles. The van der Waals surface area contributed by atoms with Crippen molar-refractivity contribution in [1.82, 2.24) is 10.6 Å². The van der Waals surface area contributed by atoms with Crippen molar-refractivity contribution < 1.29 is 4.39 Å². The van der Waals surface area contributed by atoms with Crippen molar-refractivity contribution in [1.29, 1.82) is 0 Å². The zero-order chi connectivity index (χ0) is 13.0. The quantitative estimate of drug-likeness (QED) is 0.862. The van der Waals surface area contributed by atoms with Crippen molar-refractivity contribution in [2.45, 2.75) is 45.2 Å². The smallest absolute Gasteiger partial charge is 0.126 e. The predicted molar refractivity (Wildman–Crippen MR) is 73.2 cm³/mol. The Morgan fingerprint density at radius 1 is 1.33 bits per heavy atom. The zero-order valence-electron chi connectivity index (χ0n) is 11.3. The fraction of sp³-hybridized carbons (Fsp3) is 0.600. The minimum atomic E-state index is -0.108. The van der Waals surface area contributed by atoms with Gasteiger partial charge in [0.25, 0.3) is 0 Å². The summed E-state index contributed by atoms with van der Waals surface area (Å²) in [6.45, 7) is 6.11. The molecule has 0 amide bonds. The van der Waals surface area contributed by atoms with E-state index in [1.165, 1.54) is 12.8 Å². The lowest BCUT2D eigenvalue weighted by molar-refractivity contribution is 0.420. The Hall–Kier alpha value is -0.930. The first-order valence-corrected chi connectivity index (χ1v) is 6.89. The van der Waals surface area contributed by atoms with Gasteiger partial charge in [-0.05, 0) is 63.4 Å². The highest BCUT2D eigenvalue weighted by molar-refractivity contribution is 5.25. The van der Waals surface area contributed by atoms with Crippen molar-refractivity contribution in [2.24, 2.45) is 0 Å². The highest BCUT2D eigenvalue weighted by Gasteiger charge is 2.15. The summed E-state index contributed by atoms with van der Waals surface area (Å²) in [6, 6.07) is 6.28. The van der Waals surface area contributed by atoms with E-state index in [1.54, 1.807) is 13.0 Å². The van der Waals surface area contributed by atoms with Crippen LogP contribution in [0.25, 0.3) is 0 Å². The first-order valence-electron chi connectivity index (χ1n) is 6.89. The number of hydrogen-bond donors (Lipinski definition) is 2. The van der Waals surface area contributed by atoms with Gasteiger partial charge in [0.05, 0.1) is 0 Å². The fourth-order valence-electron chi connectivity index (χ4n) is 2.51. The largest absolute Gasteiger partial charge is 0.317 e. The van der Waals surface area contributed by atoms with Gasteiger partial charge in [-0.15, -0.1) is 0 Å². The summed E-state index contributed by atoms with van der Waals surface area (Å²) in [5.41, 5.74) is 1.75. The Balaban J connectivity index is 1.97. The van der Waals surface area contributed by atoms with Gasteiger partial charge >= 0.3 is 0 Å². The lowest BCUT2D eigenvalue weighted by Gasteiger charge is -2.22. The summed E-state index contributed by atoms with van der Waals surface area (Å²) in [5.74, 6) is -0.108. The Labute approximate surface area is 109 Å². The van der Waals surface area contributed by atoms with E-state index in [9.17, 15) is 4.39 Å². The predicted octanol–water partition coefficient (Wildman–Crippen LogP) is 2.93. The summed E-state index contributed by atoms with van der Waals surface area (Å²) in [4.78, 5) is 0. The molecule has 2 atom stereocenters. The Kier molecular flexibility index (Phi) is 4.72. The van der Waals surface area contributed by atoms with E-state index in [4.69, 9.17) is 0 Å². The van der Waals surface area contributed by atoms with Crippen LogP contribution in [-0.2, 0) is 0 Å². The lowest BCUT2D eigenvalue weighted by atomic mass is 10.0. The second kappa shape index (κ2) is 6.30. The molecular formula is C15H23FN2. The maximum Gasteiger partial charge on any atom is 0.126 e. The van der Waals surface area contributed by atoms with E-state index in [0.717, 1.165) is 25.1 Å². The van der Waals surface area contributed by atoms with Crippen LogP contribution >= 0.6 is 0 Å². The molecule has 0 saturated carbocycles. The molecule has 0 aromatic heterocycles. The fourth-order valence-corrected chi connectivity index (χ4v) is 2.51. The molecule has 0 bridgehead atoms. The van der Waals surface area contributed by atoms with Gasteiger partial charge in [0.1, 0.15) is 5.82 Å². The van der Waals surface area contributed by atoms with Crippen LogP contribution in [0.15, 0.2) is 18.2 Å². The molecule has 2 unspecified atom stereocenters. The van der Waals surface area contributed by atoms with Gasteiger partial charge in [0, 0.05) is 12.1 Å². The molecule has 0 aliphatic carbocycles. The van der Waals surface area contributed by atoms with E-state index in [0.29, 0.717) is 11.6 Å². The molecule has 100 valence electrons. The summed E-state index contributed by atoms with van der Waals surface area (Å²) in [6.07, 6.45) is 3.57. The molecule has 1 aromatic rings. The van der Waals surface area contributed by atoms with Gasteiger partial charge in [-0.3, -0.25) is 0 Å². The summed E-state index contributed by atoms with van der Waals surface area (Å²) < 4.78 is 13.5. The monoisotopic (exact) mass is 250 g/mol. The molecular weight excluding hydrogens is 227 g/mol. The third-order valence-electron chi connectivity index (χ3n) is 3.76. The minimum Gasteiger partial charge on any atom is -0.317 e. The van der Waals surface area contributed by atoms with E-state index in [1.807, 2.05) is 12.1 Å². The third-order valence-corrected chi connectivity index (χ3v) is 3.76. The molecule has 0 spiro atoms. The topological polar surface area (TPSA) is 24.1 Å². The number of rotatable bonds is 3. The van der Waals surface area contributed by atoms with Crippen LogP contribution in [0.4, 0.5) is 4.39 Å². The average molecular weight is 250 g/mol. The SMILES string of the molecule is Cc1ccc(C(C)NC2CCCNCC2)cc1F. The first kappa shape index (κ1) is 13.5. The van der Waals surface area contributed by atoms with Gasteiger partial charge < -0.3 is 10.6 Å². The van der Waals surface area contributed by atoms with Crippen LogP contribution in [0.2, 0.25) is 0 Å². The maximum atomic E-state index is 13.5. The second-order valence-electron chi connectivity index (χ2n) is 5.27. The van der Waals surface area contributed by atoms with Crippen LogP contribution in [0.3, 0.4) is 0 Å². The van der Waals surface area contributed by atoms with Crippen LogP contribution in [-0.4, -0.2) is 19.1 Å². The third kappa shape index (κ3) is 3.53. The van der Waals surface area contributed by atoms with E-state index in [-0.39, 0.29) is 11.9 Å². The normalized spacial score (nSPS) is 22.5. The average Bonchev–Trinajstić information content (AvgIpc) is 2.61. The van der Waals surface area contributed by atoms with Gasteiger partial charge in [-0.1, -0.05) is 12.1 Å². The minimum absolute atomic E-state index is 0.108. The molecule has 1 aromatic carbocycles. The molecule has 2 N–H and O–H groups in total. The molecule has 2 nitrogen and oxygen atoms in total. The van der Waals surface area contributed by atoms with E-state index >= 15 is 0 Å². The van der Waals surface area contributed by atoms with Crippen molar-refractivity contribution in [2.75, 3.05) is 13.1 Å². The molecule has 1 heterocycles. The highest BCUT2D eigenvalue weighted by Crippen LogP contribution is 2.18. The molecule has 3 heteroatoms. The number of aryl methyl sites for hydroxylation is 1. The highest BCUT2D eigenvalue weighted by atomic mass is 19.1. The summed E-state index contributed by atoms with van der Waals surface area (Å²) in [7, 11) is 0. The van der Waals surface area contributed by atoms with Crippen molar-refractivity contribution in [3.63, 3.8) is 0 Å². The van der Waals surface area contributed by atoms with Crippen molar-refractivity contribution in [3.8, 4) is 0 Å². The van der Waals surface area contributed by atoms with E-state index < -0.39 is 0 Å². The molecule has 2 rings (SSSR count). The van der Waals surface area contributed by atoms with Gasteiger partial charge in [0.15, 0.2) is 0 Å². The lowest BCUT2D eigenvalue weighted by Crippen LogP contribution is -2.32. The maximum absolute atomic E-state index is 13.5.